The van der Waals surface area contributed by atoms with Crippen molar-refractivity contribution in [1.82, 2.24) is 0 Å². The lowest BCUT2D eigenvalue weighted by atomic mass is 10.4. The SMILES string of the molecule is C=CCSc1cc(O)c(C(=O)OC)s1. The molecule has 0 aliphatic carbocycles. The summed E-state index contributed by atoms with van der Waals surface area (Å²) in [5.41, 5.74) is 0. The highest BCUT2D eigenvalue weighted by Crippen LogP contribution is 2.35. The highest BCUT2D eigenvalue weighted by atomic mass is 32.2. The monoisotopic (exact) mass is 230 g/mol. The van der Waals surface area contributed by atoms with Gasteiger partial charge >= 0.3 is 5.97 Å². The number of ether oxygens (including phenoxy) is 1. The fraction of sp³-hybridized carbons (Fsp3) is 0.222. The van der Waals surface area contributed by atoms with Crippen molar-refractivity contribution in [2.45, 2.75) is 4.21 Å². The second-order valence-corrected chi connectivity index (χ2v) is 4.74. The zero-order chi connectivity index (χ0) is 10.6. The molecule has 0 fully saturated rings. The van der Waals surface area contributed by atoms with Crippen LogP contribution in [0.15, 0.2) is 22.9 Å². The van der Waals surface area contributed by atoms with Crippen LogP contribution in [0.2, 0.25) is 0 Å². The van der Waals surface area contributed by atoms with Crippen molar-refractivity contribution in [3.05, 3.63) is 23.6 Å². The van der Waals surface area contributed by atoms with Crippen LogP contribution in [0.5, 0.6) is 5.75 Å². The second kappa shape index (κ2) is 5.07. The molecule has 1 rings (SSSR count). The van der Waals surface area contributed by atoms with Crippen LogP contribution in [0, 0.1) is 0 Å². The zero-order valence-corrected chi connectivity index (χ0v) is 9.28. The molecular weight excluding hydrogens is 220 g/mol. The van der Waals surface area contributed by atoms with E-state index >= 15 is 0 Å². The largest absolute Gasteiger partial charge is 0.506 e. The highest BCUT2D eigenvalue weighted by molar-refractivity contribution is 8.01. The first-order valence-electron chi connectivity index (χ1n) is 3.83. The van der Waals surface area contributed by atoms with Gasteiger partial charge in [-0.05, 0) is 0 Å². The number of methoxy groups -OCH3 is 1. The zero-order valence-electron chi connectivity index (χ0n) is 7.65. The van der Waals surface area contributed by atoms with E-state index < -0.39 is 5.97 Å². The van der Waals surface area contributed by atoms with Crippen molar-refractivity contribution in [3.63, 3.8) is 0 Å². The molecule has 1 aromatic heterocycles. The van der Waals surface area contributed by atoms with Crippen molar-refractivity contribution in [2.24, 2.45) is 0 Å². The molecule has 0 unspecified atom stereocenters. The topological polar surface area (TPSA) is 46.5 Å². The normalized spacial score (nSPS) is 9.79. The number of aromatic hydroxyl groups is 1. The lowest BCUT2D eigenvalue weighted by Gasteiger charge is -1.93. The standard InChI is InChI=1S/C9H10O3S2/c1-3-4-13-7-5-6(10)8(14-7)9(11)12-2/h3,5,10H,1,4H2,2H3. The number of carbonyl (C=O) groups is 1. The molecule has 3 nitrogen and oxygen atoms in total. The fourth-order valence-electron chi connectivity index (χ4n) is 0.811. The molecule has 0 aliphatic heterocycles. The number of thiophene rings is 1. The van der Waals surface area contributed by atoms with Gasteiger partial charge in [-0.25, -0.2) is 4.79 Å². The molecule has 0 saturated heterocycles. The summed E-state index contributed by atoms with van der Waals surface area (Å²) in [5.74, 6) is 0.229. The number of esters is 1. The molecule has 0 atom stereocenters. The van der Waals surface area contributed by atoms with Crippen LogP contribution in [0.4, 0.5) is 0 Å². The van der Waals surface area contributed by atoms with Gasteiger partial charge in [0.25, 0.3) is 0 Å². The summed E-state index contributed by atoms with van der Waals surface area (Å²) in [6.45, 7) is 3.59. The van der Waals surface area contributed by atoms with Crippen LogP contribution in [-0.4, -0.2) is 23.9 Å². The predicted molar refractivity (Wildman–Crippen MR) is 58.2 cm³/mol. The molecule has 1 N–H and O–H groups in total. The molecule has 76 valence electrons. The summed E-state index contributed by atoms with van der Waals surface area (Å²) < 4.78 is 5.39. The summed E-state index contributed by atoms with van der Waals surface area (Å²) in [5, 5.41) is 9.40. The van der Waals surface area contributed by atoms with Crippen LogP contribution < -0.4 is 0 Å². The molecule has 14 heavy (non-hydrogen) atoms. The van der Waals surface area contributed by atoms with Crippen LogP contribution in [-0.2, 0) is 4.74 Å². The minimum Gasteiger partial charge on any atom is -0.506 e. The Balaban J connectivity index is 2.81. The van der Waals surface area contributed by atoms with Gasteiger partial charge < -0.3 is 9.84 Å². The molecule has 0 aliphatic rings. The Morgan fingerprint density at radius 1 is 1.86 bits per heavy atom. The van der Waals surface area contributed by atoms with E-state index in [9.17, 15) is 9.90 Å². The first-order chi connectivity index (χ1) is 6.69. The van der Waals surface area contributed by atoms with Crippen LogP contribution in [0.1, 0.15) is 9.67 Å². The maximum atomic E-state index is 11.1. The quantitative estimate of drug-likeness (QED) is 0.490. The molecule has 1 aromatic rings. The van der Waals surface area contributed by atoms with Crippen molar-refractivity contribution < 1.29 is 14.6 Å². The third-order valence-electron chi connectivity index (χ3n) is 1.40. The van der Waals surface area contributed by atoms with E-state index in [4.69, 9.17) is 0 Å². The van der Waals surface area contributed by atoms with Crippen LogP contribution in [0.3, 0.4) is 0 Å². The predicted octanol–water partition coefficient (Wildman–Crippen LogP) is 2.52. The summed E-state index contributed by atoms with van der Waals surface area (Å²) in [6.07, 6.45) is 1.76. The molecular formula is C9H10O3S2. The summed E-state index contributed by atoms with van der Waals surface area (Å²) in [4.78, 5) is 11.4. The first-order valence-corrected chi connectivity index (χ1v) is 5.64. The number of hydrogen-bond donors (Lipinski definition) is 1. The Kier molecular flexibility index (Phi) is 4.03. The average Bonchev–Trinajstić information content (AvgIpc) is 2.55. The minimum atomic E-state index is -0.502. The molecule has 0 aromatic carbocycles. The molecule has 5 heteroatoms. The van der Waals surface area contributed by atoms with Gasteiger partial charge in [-0.2, -0.15) is 0 Å². The smallest absolute Gasteiger partial charge is 0.351 e. The summed E-state index contributed by atoms with van der Waals surface area (Å²) in [6, 6.07) is 1.56. The number of rotatable bonds is 4. The highest BCUT2D eigenvalue weighted by Gasteiger charge is 2.15. The van der Waals surface area contributed by atoms with Gasteiger partial charge in [0, 0.05) is 11.8 Å². The van der Waals surface area contributed by atoms with Gasteiger partial charge in [-0.3, -0.25) is 0 Å². The Morgan fingerprint density at radius 3 is 3.14 bits per heavy atom. The average molecular weight is 230 g/mol. The molecule has 0 radical (unpaired) electrons. The van der Waals surface area contributed by atoms with E-state index in [-0.39, 0.29) is 10.6 Å². The minimum absolute atomic E-state index is 0.0200. The molecule has 0 saturated carbocycles. The third-order valence-corrected chi connectivity index (χ3v) is 3.71. The van der Waals surface area contributed by atoms with E-state index in [0.29, 0.717) is 0 Å². The van der Waals surface area contributed by atoms with Gasteiger partial charge in [0.1, 0.15) is 5.75 Å². The van der Waals surface area contributed by atoms with Gasteiger partial charge in [-0.15, -0.1) is 29.7 Å². The number of carbonyl (C=O) groups excluding carboxylic acids is 1. The Bertz CT molecular complexity index is 344. The Labute approximate surface area is 90.4 Å². The van der Waals surface area contributed by atoms with Gasteiger partial charge in [0.15, 0.2) is 4.88 Å². The van der Waals surface area contributed by atoms with E-state index in [1.807, 2.05) is 0 Å². The van der Waals surface area contributed by atoms with Crippen LogP contribution in [0.25, 0.3) is 0 Å². The second-order valence-electron chi connectivity index (χ2n) is 2.37. The lowest BCUT2D eigenvalue weighted by molar-refractivity contribution is 0.0603. The number of thioether (sulfide) groups is 1. The number of hydrogen-bond acceptors (Lipinski definition) is 5. The maximum absolute atomic E-state index is 11.1. The fourth-order valence-corrected chi connectivity index (χ4v) is 2.68. The molecule has 0 spiro atoms. The molecule has 0 bridgehead atoms. The summed E-state index contributed by atoms with van der Waals surface area (Å²) in [7, 11) is 1.29. The molecule has 0 amide bonds. The van der Waals surface area contributed by atoms with E-state index in [1.54, 1.807) is 12.1 Å². The maximum Gasteiger partial charge on any atom is 0.351 e. The van der Waals surface area contributed by atoms with Crippen molar-refractivity contribution in [2.75, 3.05) is 12.9 Å². The van der Waals surface area contributed by atoms with E-state index in [2.05, 4.69) is 11.3 Å². The Hall–Kier alpha value is -0.940. The lowest BCUT2D eigenvalue weighted by Crippen LogP contribution is -1.97. The van der Waals surface area contributed by atoms with Gasteiger partial charge in [0.05, 0.1) is 11.3 Å². The third kappa shape index (κ3) is 2.52. The van der Waals surface area contributed by atoms with Gasteiger partial charge in [0.2, 0.25) is 0 Å². The van der Waals surface area contributed by atoms with Gasteiger partial charge in [-0.1, -0.05) is 6.08 Å². The van der Waals surface area contributed by atoms with Crippen molar-refractivity contribution in [1.29, 1.82) is 0 Å². The van der Waals surface area contributed by atoms with Crippen molar-refractivity contribution in [3.8, 4) is 5.75 Å². The van der Waals surface area contributed by atoms with E-state index in [0.717, 1.165) is 9.96 Å². The Morgan fingerprint density at radius 2 is 2.57 bits per heavy atom. The van der Waals surface area contributed by atoms with Crippen LogP contribution >= 0.6 is 23.1 Å². The van der Waals surface area contributed by atoms with Crippen molar-refractivity contribution >= 4 is 29.1 Å². The van der Waals surface area contributed by atoms with E-state index in [1.165, 1.54) is 30.2 Å². The summed E-state index contributed by atoms with van der Waals surface area (Å²) >= 11 is 2.74. The first kappa shape index (κ1) is 11.1. The molecule has 1 heterocycles.